The van der Waals surface area contributed by atoms with E-state index >= 15 is 0 Å². The molecule has 0 unspecified atom stereocenters. The van der Waals surface area contributed by atoms with Gasteiger partial charge in [0.25, 0.3) is 0 Å². The number of carbonyl (C=O) groups is 2. The van der Waals surface area contributed by atoms with Crippen LogP contribution in [-0.2, 0) is 26.2 Å². The summed E-state index contributed by atoms with van der Waals surface area (Å²) in [5, 5.41) is 2.80. The second-order valence-electron chi connectivity index (χ2n) is 7.67. The second kappa shape index (κ2) is 12.2. The van der Waals surface area contributed by atoms with Crippen molar-refractivity contribution in [1.29, 1.82) is 0 Å². The fraction of sp³-hybridized carbons (Fsp3) is 0.280. The van der Waals surface area contributed by atoms with Crippen LogP contribution in [0.1, 0.15) is 25.5 Å². The molecule has 0 aliphatic heterocycles. The quantitative estimate of drug-likeness (QED) is 0.395. The van der Waals surface area contributed by atoms with Gasteiger partial charge in [-0.2, -0.15) is 0 Å². The summed E-state index contributed by atoms with van der Waals surface area (Å²) >= 11 is 0. The van der Waals surface area contributed by atoms with Crippen molar-refractivity contribution in [2.75, 3.05) is 18.6 Å². The SMILES string of the molecule is CCC[C@@H](C(=O)NCc1ccco1)N(C(=O)CNS(=O)(=O)c1ccccc1)c1ccccc1OC. The summed E-state index contributed by atoms with van der Waals surface area (Å²) in [6.07, 6.45) is 2.46. The van der Waals surface area contributed by atoms with Crippen molar-refractivity contribution in [3.8, 4) is 5.75 Å². The molecule has 1 atom stereocenters. The summed E-state index contributed by atoms with van der Waals surface area (Å²) in [4.78, 5) is 28.1. The molecule has 1 heterocycles. The lowest BCUT2D eigenvalue weighted by molar-refractivity contribution is -0.126. The number of rotatable bonds is 12. The molecule has 10 heteroatoms. The lowest BCUT2D eigenvalue weighted by Crippen LogP contribution is -2.52. The Morgan fingerprint density at radius 1 is 1.03 bits per heavy atom. The Bertz CT molecular complexity index is 1210. The van der Waals surface area contributed by atoms with Crippen LogP contribution in [0.15, 0.2) is 82.3 Å². The number of nitrogens with one attached hydrogen (secondary N) is 2. The van der Waals surface area contributed by atoms with Crippen LogP contribution < -0.4 is 19.7 Å². The average molecular weight is 500 g/mol. The van der Waals surface area contributed by atoms with Crippen molar-refractivity contribution in [3.63, 3.8) is 0 Å². The zero-order chi connectivity index (χ0) is 25.3. The molecule has 1 aromatic heterocycles. The van der Waals surface area contributed by atoms with Crippen LogP contribution in [0, 0.1) is 0 Å². The lowest BCUT2D eigenvalue weighted by Gasteiger charge is -2.32. The molecular weight excluding hydrogens is 470 g/mol. The molecule has 3 aromatic rings. The molecule has 186 valence electrons. The molecule has 0 saturated heterocycles. The van der Waals surface area contributed by atoms with Crippen LogP contribution in [0.3, 0.4) is 0 Å². The van der Waals surface area contributed by atoms with Gasteiger partial charge in [0.15, 0.2) is 0 Å². The van der Waals surface area contributed by atoms with E-state index < -0.39 is 34.4 Å². The van der Waals surface area contributed by atoms with Gasteiger partial charge < -0.3 is 14.5 Å². The number of hydrogen-bond donors (Lipinski definition) is 2. The first-order valence-electron chi connectivity index (χ1n) is 11.2. The summed E-state index contributed by atoms with van der Waals surface area (Å²) in [7, 11) is -2.46. The highest BCUT2D eigenvalue weighted by Crippen LogP contribution is 2.30. The number of furan rings is 1. The van der Waals surface area contributed by atoms with Gasteiger partial charge in [-0.05, 0) is 42.8 Å². The number of anilines is 1. The van der Waals surface area contributed by atoms with Gasteiger partial charge in [-0.15, -0.1) is 0 Å². The Morgan fingerprint density at radius 3 is 2.40 bits per heavy atom. The van der Waals surface area contributed by atoms with Gasteiger partial charge in [0.1, 0.15) is 17.6 Å². The molecule has 0 aliphatic carbocycles. The number of amides is 2. The molecule has 2 amide bonds. The van der Waals surface area contributed by atoms with Crippen molar-refractivity contribution in [2.45, 2.75) is 37.2 Å². The van der Waals surface area contributed by atoms with E-state index in [4.69, 9.17) is 9.15 Å². The third kappa shape index (κ3) is 6.71. The van der Waals surface area contributed by atoms with Gasteiger partial charge >= 0.3 is 0 Å². The number of methoxy groups -OCH3 is 1. The maximum absolute atomic E-state index is 13.5. The maximum atomic E-state index is 13.5. The monoisotopic (exact) mass is 499 g/mol. The third-order valence-corrected chi connectivity index (χ3v) is 6.69. The van der Waals surface area contributed by atoms with Crippen LogP contribution in [0.2, 0.25) is 0 Å². The number of nitrogens with zero attached hydrogens (tertiary/aromatic N) is 1. The molecular formula is C25H29N3O6S. The number of sulfonamides is 1. The highest BCUT2D eigenvalue weighted by molar-refractivity contribution is 7.89. The number of para-hydroxylation sites is 2. The smallest absolute Gasteiger partial charge is 0.243 e. The number of ether oxygens (including phenoxy) is 1. The predicted molar refractivity (Wildman–Crippen MR) is 131 cm³/mol. The summed E-state index contributed by atoms with van der Waals surface area (Å²) in [5.74, 6) is -0.0416. The zero-order valence-electron chi connectivity index (χ0n) is 19.6. The third-order valence-electron chi connectivity index (χ3n) is 5.27. The first-order chi connectivity index (χ1) is 16.9. The predicted octanol–water partition coefficient (Wildman–Crippen LogP) is 3.08. The average Bonchev–Trinajstić information content (AvgIpc) is 3.40. The van der Waals surface area contributed by atoms with E-state index in [1.165, 1.54) is 30.4 Å². The summed E-state index contributed by atoms with van der Waals surface area (Å²) in [6.45, 7) is 1.51. The number of hydrogen-bond acceptors (Lipinski definition) is 6. The van der Waals surface area contributed by atoms with Gasteiger partial charge in [0.05, 0.1) is 37.0 Å². The molecule has 0 fully saturated rings. The van der Waals surface area contributed by atoms with Crippen molar-refractivity contribution >= 4 is 27.5 Å². The van der Waals surface area contributed by atoms with E-state index in [2.05, 4.69) is 10.0 Å². The zero-order valence-corrected chi connectivity index (χ0v) is 20.5. The van der Waals surface area contributed by atoms with Crippen molar-refractivity contribution in [2.24, 2.45) is 0 Å². The second-order valence-corrected chi connectivity index (χ2v) is 9.44. The molecule has 0 radical (unpaired) electrons. The van der Waals surface area contributed by atoms with E-state index in [1.54, 1.807) is 54.6 Å². The molecule has 2 aromatic carbocycles. The molecule has 9 nitrogen and oxygen atoms in total. The van der Waals surface area contributed by atoms with Crippen molar-refractivity contribution in [1.82, 2.24) is 10.0 Å². The Balaban J connectivity index is 1.89. The van der Waals surface area contributed by atoms with Crippen LogP contribution >= 0.6 is 0 Å². The van der Waals surface area contributed by atoms with Crippen molar-refractivity contribution < 1.29 is 27.2 Å². The molecule has 35 heavy (non-hydrogen) atoms. The van der Waals surface area contributed by atoms with Crippen LogP contribution in [0.4, 0.5) is 5.69 Å². The topological polar surface area (TPSA) is 118 Å². The van der Waals surface area contributed by atoms with E-state index in [0.29, 0.717) is 30.0 Å². The maximum Gasteiger partial charge on any atom is 0.243 e. The molecule has 0 saturated carbocycles. The normalized spacial score (nSPS) is 12.1. The Labute approximate surface area is 205 Å². The molecule has 0 bridgehead atoms. The van der Waals surface area contributed by atoms with Crippen LogP contribution in [-0.4, -0.2) is 39.9 Å². The summed E-state index contributed by atoms with van der Waals surface area (Å²) in [6, 6.07) is 17.1. The van der Waals surface area contributed by atoms with Crippen LogP contribution in [0.5, 0.6) is 5.75 Å². The standard InChI is InChI=1S/C25H29N3O6S/c1-3-10-22(25(30)26-17-19-11-9-16-34-19)28(21-14-7-8-15-23(21)33-2)24(29)18-27-35(31,32)20-12-5-4-6-13-20/h4-9,11-16,22,27H,3,10,17-18H2,1-2H3,(H,26,30)/t22-/m0/s1. The number of benzene rings is 2. The van der Waals surface area contributed by atoms with Gasteiger partial charge in [-0.25, -0.2) is 13.1 Å². The fourth-order valence-corrected chi connectivity index (χ4v) is 4.58. The van der Waals surface area contributed by atoms with Gasteiger partial charge in [-0.1, -0.05) is 43.7 Å². The summed E-state index contributed by atoms with van der Waals surface area (Å²) in [5.41, 5.74) is 0.366. The number of carbonyl (C=O) groups excluding carboxylic acids is 2. The van der Waals surface area contributed by atoms with E-state index in [9.17, 15) is 18.0 Å². The molecule has 0 spiro atoms. The Hall–Kier alpha value is -3.63. The molecule has 0 aliphatic rings. The first kappa shape index (κ1) is 26.0. The Kier molecular flexibility index (Phi) is 9.04. The first-order valence-corrected chi connectivity index (χ1v) is 12.7. The van der Waals surface area contributed by atoms with Crippen LogP contribution in [0.25, 0.3) is 0 Å². The van der Waals surface area contributed by atoms with Gasteiger partial charge in [-0.3, -0.25) is 14.5 Å². The highest BCUT2D eigenvalue weighted by atomic mass is 32.2. The van der Waals surface area contributed by atoms with E-state index in [0.717, 1.165) is 0 Å². The highest BCUT2D eigenvalue weighted by Gasteiger charge is 2.33. The molecule has 3 rings (SSSR count). The molecule has 2 N–H and O–H groups in total. The fourth-order valence-electron chi connectivity index (χ4n) is 3.59. The van der Waals surface area contributed by atoms with Gasteiger partial charge in [0.2, 0.25) is 21.8 Å². The van der Waals surface area contributed by atoms with E-state index in [1.807, 2.05) is 6.92 Å². The lowest BCUT2D eigenvalue weighted by atomic mass is 10.1. The largest absolute Gasteiger partial charge is 0.495 e. The minimum Gasteiger partial charge on any atom is -0.495 e. The minimum atomic E-state index is -3.93. The minimum absolute atomic E-state index is 0.0398. The van der Waals surface area contributed by atoms with Gasteiger partial charge in [0, 0.05) is 0 Å². The van der Waals surface area contributed by atoms with Crippen molar-refractivity contribution in [3.05, 3.63) is 78.8 Å². The Morgan fingerprint density at radius 2 is 1.74 bits per heavy atom. The summed E-state index contributed by atoms with van der Waals surface area (Å²) < 4.78 is 38.4. The van der Waals surface area contributed by atoms with E-state index in [-0.39, 0.29) is 11.4 Å².